The van der Waals surface area contributed by atoms with E-state index in [0.717, 1.165) is 39.1 Å². The largest absolute Gasteiger partial charge is 0.451 e. The zero-order valence-electron chi connectivity index (χ0n) is 25.2. The quantitative estimate of drug-likeness (QED) is 0.393. The zero-order chi connectivity index (χ0) is 30.2. The van der Waals surface area contributed by atoms with Crippen LogP contribution in [-0.4, -0.2) is 91.2 Å². The number of amides is 1. The van der Waals surface area contributed by atoms with E-state index in [-0.39, 0.29) is 35.1 Å². The lowest BCUT2D eigenvalue weighted by atomic mass is 10.1. The number of fused-ring (bicyclic) bond motifs is 1. The molecule has 1 aromatic carbocycles. The van der Waals surface area contributed by atoms with Crippen LogP contribution in [0.15, 0.2) is 30.7 Å². The fourth-order valence-electron chi connectivity index (χ4n) is 6.75. The van der Waals surface area contributed by atoms with Gasteiger partial charge in [0.25, 0.3) is 5.91 Å². The molecule has 2 unspecified atom stereocenters. The Morgan fingerprint density at radius 3 is 2.52 bits per heavy atom. The molecule has 3 atom stereocenters. The van der Waals surface area contributed by atoms with Crippen molar-refractivity contribution < 1.29 is 22.3 Å². The minimum Gasteiger partial charge on any atom is -0.451 e. The highest BCUT2D eigenvalue weighted by atomic mass is 32.2. The molecule has 1 N–H and O–H groups in total. The summed E-state index contributed by atoms with van der Waals surface area (Å²) in [6, 6.07) is 3.89. The second-order valence-corrected chi connectivity index (χ2v) is 14.5. The van der Waals surface area contributed by atoms with Crippen LogP contribution >= 0.6 is 0 Å². The molecule has 1 amide bonds. The number of rotatable bonds is 12. The van der Waals surface area contributed by atoms with Gasteiger partial charge in [-0.2, -0.15) is 0 Å². The first-order valence-corrected chi connectivity index (χ1v) is 16.7. The second kappa shape index (κ2) is 12.4. The summed E-state index contributed by atoms with van der Waals surface area (Å²) in [7, 11) is -3.14. The minimum absolute atomic E-state index is 0.0629. The number of nitrogens with one attached hydrogen (secondary N) is 1. The normalized spacial score (nSPS) is 24.0. The van der Waals surface area contributed by atoms with Crippen LogP contribution in [0.3, 0.4) is 0 Å². The summed E-state index contributed by atoms with van der Waals surface area (Å²) in [6.07, 6.45) is 4.11. The number of hydrogen-bond acceptors (Lipinski definition) is 8. The zero-order valence-corrected chi connectivity index (χ0v) is 26.0. The highest BCUT2D eigenvalue weighted by molar-refractivity contribution is 7.89. The van der Waals surface area contributed by atoms with Crippen molar-refractivity contribution in [3.05, 3.63) is 42.1 Å². The van der Waals surface area contributed by atoms with Crippen molar-refractivity contribution in [2.45, 2.75) is 53.1 Å². The predicted molar refractivity (Wildman–Crippen MR) is 160 cm³/mol. The lowest BCUT2D eigenvalue weighted by Crippen LogP contribution is -2.42. The molecule has 12 heteroatoms. The van der Waals surface area contributed by atoms with Crippen LogP contribution < -0.4 is 14.4 Å². The first-order valence-electron chi connectivity index (χ1n) is 15.0. The van der Waals surface area contributed by atoms with Crippen LogP contribution in [-0.2, 0) is 10.0 Å². The van der Waals surface area contributed by atoms with Crippen molar-refractivity contribution in [3.8, 4) is 11.5 Å². The van der Waals surface area contributed by atoms with E-state index in [2.05, 4.69) is 24.5 Å². The maximum atomic E-state index is 14.3. The van der Waals surface area contributed by atoms with E-state index in [9.17, 15) is 17.6 Å². The van der Waals surface area contributed by atoms with Gasteiger partial charge in [0.1, 0.15) is 17.9 Å². The molecule has 5 rings (SSSR count). The monoisotopic (exact) mass is 602 g/mol. The molecule has 10 nitrogen and oxygen atoms in total. The number of benzene rings is 1. The number of ether oxygens (including phenoxy) is 1. The Kier molecular flexibility index (Phi) is 9.05. The van der Waals surface area contributed by atoms with Gasteiger partial charge < -0.3 is 19.4 Å². The number of piperidine rings is 1. The van der Waals surface area contributed by atoms with E-state index < -0.39 is 15.8 Å². The van der Waals surface area contributed by atoms with Gasteiger partial charge in [0.05, 0.1) is 17.5 Å². The molecule has 1 aromatic heterocycles. The number of anilines is 1. The number of halogens is 1. The van der Waals surface area contributed by atoms with Crippen LogP contribution in [0.2, 0.25) is 0 Å². The number of likely N-dealkylation sites (tertiary alicyclic amines) is 1. The van der Waals surface area contributed by atoms with E-state index >= 15 is 0 Å². The average Bonchev–Trinajstić information content (AvgIpc) is 3.24. The van der Waals surface area contributed by atoms with Crippen molar-refractivity contribution in [2.24, 2.45) is 23.7 Å². The summed E-state index contributed by atoms with van der Waals surface area (Å²) in [4.78, 5) is 28.6. The molecule has 3 heterocycles. The molecule has 2 aliphatic heterocycles. The standard InChI is InChI=1S/C30H43FN6O4S/c1-6-42(39,40)34-12-24-25-16-35(17-26(24)25)14-21-9-10-36(15-21)29-28(13-32-18-33-29)41-27-8-7-22(31)11-23(27)30(38)37(19(2)3)20(4)5/h7-8,11,13,18-21,24-26,34H,6,9-10,12,14-17H2,1-5H3/t21-,24?,25?,26?/m0/s1. The average molecular weight is 603 g/mol. The Hall–Kier alpha value is -2.83. The Labute approximate surface area is 248 Å². The summed E-state index contributed by atoms with van der Waals surface area (Å²) < 4.78 is 46.9. The molecule has 1 saturated carbocycles. The minimum atomic E-state index is -3.14. The summed E-state index contributed by atoms with van der Waals surface area (Å²) in [5.74, 6) is 2.78. The maximum absolute atomic E-state index is 14.3. The molecule has 3 fully saturated rings. The Morgan fingerprint density at radius 1 is 1.14 bits per heavy atom. The van der Waals surface area contributed by atoms with Gasteiger partial charge in [-0.3, -0.25) is 4.79 Å². The SMILES string of the molecule is CCS(=O)(=O)NCC1C2CN(C[C@@H]3CCN(c4ncncc4Oc4ccc(F)cc4C(=O)N(C(C)C)C(C)C)C3)CC12. The van der Waals surface area contributed by atoms with Crippen LogP contribution in [0, 0.1) is 29.5 Å². The van der Waals surface area contributed by atoms with Crippen LogP contribution in [0.25, 0.3) is 0 Å². The Bertz CT molecular complexity index is 1370. The Morgan fingerprint density at radius 2 is 1.86 bits per heavy atom. The van der Waals surface area contributed by atoms with E-state index in [1.165, 1.54) is 24.5 Å². The first-order chi connectivity index (χ1) is 20.0. The van der Waals surface area contributed by atoms with E-state index in [1.54, 1.807) is 18.0 Å². The fraction of sp³-hybridized carbons (Fsp3) is 0.633. The van der Waals surface area contributed by atoms with Gasteiger partial charge >= 0.3 is 0 Å². The van der Waals surface area contributed by atoms with Crippen molar-refractivity contribution in [3.63, 3.8) is 0 Å². The molecular weight excluding hydrogens is 559 g/mol. The number of nitrogens with zero attached hydrogens (tertiary/aromatic N) is 5. The van der Waals surface area contributed by atoms with Gasteiger partial charge in [-0.05, 0) is 82.9 Å². The van der Waals surface area contributed by atoms with Crippen molar-refractivity contribution in [1.82, 2.24) is 24.5 Å². The lowest BCUT2D eigenvalue weighted by molar-refractivity contribution is 0.0640. The summed E-state index contributed by atoms with van der Waals surface area (Å²) in [6.45, 7) is 14.6. The van der Waals surface area contributed by atoms with Gasteiger partial charge in [0.15, 0.2) is 11.6 Å². The fourth-order valence-corrected chi connectivity index (χ4v) is 7.40. The molecule has 3 aliphatic rings. The number of aromatic nitrogens is 2. The number of carbonyl (C=O) groups excluding carboxylic acids is 1. The third kappa shape index (κ3) is 6.70. The number of sulfonamides is 1. The number of carbonyl (C=O) groups is 1. The van der Waals surface area contributed by atoms with Crippen molar-refractivity contribution in [1.29, 1.82) is 0 Å². The molecule has 0 bridgehead atoms. The van der Waals surface area contributed by atoms with Gasteiger partial charge in [0, 0.05) is 51.4 Å². The third-order valence-electron chi connectivity index (χ3n) is 8.87. The number of hydrogen-bond donors (Lipinski definition) is 1. The third-order valence-corrected chi connectivity index (χ3v) is 10.2. The van der Waals surface area contributed by atoms with E-state index in [1.807, 2.05) is 27.7 Å². The van der Waals surface area contributed by atoms with Gasteiger partial charge in [0.2, 0.25) is 10.0 Å². The first kappa shape index (κ1) is 30.6. The summed E-state index contributed by atoms with van der Waals surface area (Å²) in [5.41, 5.74) is 0.167. The van der Waals surface area contributed by atoms with Gasteiger partial charge in [-0.1, -0.05) is 0 Å². The molecule has 0 radical (unpaired) electrons. The molecule has 1 aliphatic carbocycles. The second-order valence-electron chi connectivity index (χ2n) is 12.4. The summed E-state index contributed by atoms with van der Waals surface area (Å²) in [5, 5.41) is 0. The van der Waals surface area contributed by atoms with Gasteiger partial charge in [-0.25, -0.2) is 27.5 Å². The lowest BCUT2D eigenvalue weighted by Gasteiger charge is -2.31. The van der Waals surface area contributed by atoms with Crippen LogP contribution in [0.4, 0.5) is 10.2 Å². The molecule has 0 spiro atoms. The molecule has 230 valence electrons. The topological polar surface area (TPSA) is 108 Å². The highest BCUT2D eigenvalue weighted by Gasteiger charge is 2.55. The molecule has 2 saturated heterocycles. The van der Waals surface area contributed by atoms with Crippen molar-refractivity contribution in [2.75, 3.05) is 49.9 Å². The highest BCUT2D eigenvalue weighted by Crippen LogP contribution is 2.51. The predicted octanol–water partition coefficient (Wildman–Crippen LogP) is 3.61. The van der Waals surface area contributed by atoms with E-state index in [0.29, 0.717) is 41.8 Å². The Balaban J connectivity index is 1.21. The molecular formula is C30H43FN6O4S. The van der Waals surface area contributed by atoms with Crippen LogP contribution in [0.5, 0.6) is 11.5 Å². The van der Waals surface area contributed by atoms with E-state index in [4.69, 9.17) is 4.74 Å². The summed E-state index contributed by atoms with van der Waals surface area (Å²) >= 11 is 0. The molecule has 2 aromatic rings. The smallest absolute Gasteiger partial charge is 0.258 e. The van der Waals surface area contributed by atoms with Crippen LogP contribution in [0.1, 0.15) is 51.4 Å². The van der Waals surface area contributed by atoms with Gasteiger partial charge in [-0.15, -0.1) is 0 Å². The van der Waals surface area contributed by atoms with Crippen molar-refractivity contribution >= 4 is 21.7 Å². The molecule has 42 heavy (non-hydrogen) atoms. The maximum Gasteiger partial charge on any atom is 0.258 e.